The van der Waals surface area contributed by atoms with Crippen LogP contribution in [0.15, 0.2) is 55.8 Å². The molecule has 0 unspecified atom stereocenters. The Kier molecular flexibility index (Phi) is 4.17. The van der Waals surface area contributed by atoms with Crippen molar-refractivity contribution in [3.63, 3.8) is 0 Å². The van der Waals surface area contributed by atoms with E-state index < -0.39 is 9.84 Å². The summed E-state index contributed by atoms with van der Waals surface area (Å²) < 4.78 is 24.1. The predicted octanol–water partition coefficient (Wildman–Crippen LogP) is 2.98. The number of rotatable bonds is 3. The molecule has 1 aromatic carbocycles. The van der Waals surface area contributed by atoms with E-state index in [0.717, 1.165) is 15.8 Å². The minimum Gasteiger partial charge on any atom is -0.397 e. The molecule has 0 saturated heterocycles. The van der Waals surface area contributed by atoms with Gasteiger partial charge in [-0.3, -0.25) is 0 Å². The first-order chi connectivity index (χ1) is 8.88. The molecule has 19 heavy (non-hydrogen) atoms. The molecule has 7 heteroatoms. The van der Waals surface area contributed by atoms with Crippen molar-refractivity contribution in [1.29, 1.82) is 0 Å². The number of aromatic nitrogens is 1. The molecule has 2 aromatic rings. The number of halogens is 1. The molecule has 0 saturated carbocycles. The van der Waals surface area contributed by atoms with E-state index in [4.69, 9.17) is 5.73 Å². The molecule has 2 rings (SSSR count). The van der Waals surface area contributed by atoms with E-state index in [1.165, 1.54) is 17.8 Å². The molecule has 0 aliphatic heterocycles. The van der Waals surface area contributed by atoms with Crippen LogP contribution in [0, 0.1) is 0 Å². The van der Waals surface area contributed by atoms with Gasteiger partial charge in [0.1, 0.15) is 5.03 Å². The third-order valence-electron chi connectivity index (χ3n) is 2.34. The van der Waals surface area contributed by atoms with Gasteiger partial charge in [0.15, 0.2) is 9.84 Å². The summed E-state index contributed by atoms with van der Waals surface area (Å²) in [5.74, 6) is 0. The maximum Gasteiger partial charge on any atom is 0.177 e. The second-order valence-corrected chi connectivity index (χ2v) is 7.82. The lowest BCUT2D eigenvalue weighted by molar-refractivity contribution is 0.602. The number of hydrogen-bond acceptors (Lipinski definition) is 5. The van der Waals surface area contributed by atoms with Crippen LogP contribution >= 0.6 is 27.7 Å². The number of anilines is 1. The molecule has 0 radical (unpaired) electrons. The maximum atomic E-state index is 11.6. The highest BCUT2D eigenvalue weighted by Crippen LogP contribution is 2.34. The van der Waals surface area contributed by atoms with Crippen molar-refractivity contribution in [1.82, 2.24) is 4.98 Å². The number of nitrogen functional groups attached to an aromatic ring is 1. The maximum absolute atomic E-state index is 11.6. The molecule has 0 aliphatic rings. The first kappa shape index (κ1) is 14.4. The summed E-state index contributed by atoms with van der Waals surface area (Å²) in [4.78, 5) is 5.04. The van der Waals surface area contributed by atoms with Crippen molar-refractivity contribution in [3.8, 4) is 0 Å². The quantitative estimate of drug-likeness (QED) is 0.853. The van der Waals surface area contributed by atoms with E-state index >= 15 is 0 Å². The molecule has 0 bridgehead atoms. The van der Waals surface area contributed by atoms with E-state index in [-0.39, 0.29) is 10.6 Å². The molecule has 0 spiro atoms. The van der Waals surface area contributed by atoms with Crippen LogP contribution in [-0.2, 0) is 9.84 Å². The summed E-state index contributed by atoms with van der Waals surface area (Å²) in [7, 11) is -3.32. The Morgan fingerprint density at radius 3 is 2.58 bits per heavy atom. The zero-order valence-corrected chi connectivity index (χ0v) is 13.2. The minimum atomic E-state index is -3.32. The van der Waals surface area contributed by atoms with E-state index in [1.807, 2.05) is 12.1 Å². The largest absolute Gasteiger partial charge is 0.397 e. The number of pyridine rings is 1. The fourth-order valence-corrected chi connectivity index (χ4v) is 3.44. The number of nitrogens with zero attached hydrogens (tertiary/aromatic N) is 1. The number of nitrogens with two attached hydrogens (primary N) is 1. The van der Waals surface area contributed by atoms with Gasteiger partial charge in [-0.1, -0.05) is 17.8 Å². The lowest BCUT2D eigenvalue weighted by Crippen LogP contribution is -2.03. The summed E-state index contributed by atoms with van der Waals surface area (Å²) >= 11 is 4.64. The molecular formula is C12H11BrN2O2S2. The molecule has 2 N–H and O–H groups in total. The van der Waals surface area contributed by atoms with Gasteiger partial charge in [-0.05, 0) is 40.2 Å². The summed E-state index contributed by atoms with van der Waals surface area (Å²) in [6.07, 6.45) is 2.82. The van der Waals surface area contributed by atoms with E-state index in [2.05, 4.69) is 20.9 Å². The average molecular weight is 359 g/mol. The molecule has 1 heterocycles. The Hall–Kier alpha value is -1.05. The Balaban J connectivity index is 2.39. The fraction of sp³-hybridized carbons (Fsp3) is 0.0833. The van der Waals surface area contributed by atoms with Crippen LogP contribution in [0.2, 0.25) is 0 Å². The van der Waals surface area contributed by atoms with E-state index in [1.54, 1.807) is 18.3 Å². The number of benzene rings is 1. The van der Waals surface area contributed by atoms with E-state index in [0.29, 0.717) is 4.90 Å². The van der Waals surface area contributed by atoms with Crippen LogP contribution in [0.1, 0.15) is 0 Å². The SMILES string of the molecule is CS(=O)(=O)c1cccc(Sc2ccc(Br)cn2)c1N. The Morgan fingerprint density at radius 1 is 1.26 bits per heavy atom. The third kappa shape index (κ3) is 3.49. The highest BCUT2D eigenvalue weighted by Gasteiger charge is 2.14. The van der Waals surface area contributed by atoms with Gasteiger partial charge in [0, 0.05) is 21.8 Å². The van der Waals surface area contributed by atoms with Crippen molar-refractivity contribution in [3.05, 3.63) is 41.0 Å². The molecule has 0 atom stereocenters. The van der Waals surface area contributed by atoms with Crippen LogP contribution in [0.5, 0.6) is 0 Å². The smallest absolute Gasteiger partial charge is 0.177 e. The molecule has 0 fully saturated rings. The van der Waals surface area contributed by atoms with Crippen molar-refractivity contribution in [2.75, 3.05) is 12.0 Å². The average Bonchev–Trinajstić information content (AvgIpc) is 2.33. The van der Waals surface area contributed by atoms with Gasteiger partial charge in [-0.2, -0.15) is 0 Å². The number of para-hydroxylation sites is 1. The Bertz CT molecular complexity index is 700. The summed E-state index contributed by atoms with van der Waals surface area (Å²) in [5, 5.41) is 0.751. The van der Waals surface area contributed by atoms with Crippen LogP contribution in [0.25, 0.3) is 0 Å². The second-order valence-electron chi connectivity index (χ2n) is 3.86. The lowest BCUT2D eigenvalue weighted by Gasteiger charge is -2.08. The normalized spacial score (nSPS) is 11.5. The molecular weight excluding hydrogens is 348 g/mol. The third-order valence-corrected chi connectivity index (χ3v) is 4.99. The second kappa shape index (κ2) is 5.52. The molecule has 100 valence electrons. The monoisotopic (exact) mass is 358 g/mol. The van der Waals surface area contributed by atoms with Gasteiger partial charge in [-0.15, -0.1) is 0 Å². The van der Waals surface area contributed by atoms with Crippen LogP contribution in [0.3, 0.4) is 0 Å². The number of hydrogen-bond donors (Lipinski definition) is 1. The van der Waals surface area contributed by atoms with Gasteiger partial charge in [0.05, 0.1) is 10.6 Å². The van der Waals surface area contributed by atoms with Gasteiger partial charge in [0.2, 0.25) is 0 Å². The first-order valence-corrected chi connectivity index (χ1v) is 8.76. The summed E-state index contributed by atoms with van der Waals surface area (Å²) in [6.45, 7) is 0. The molecule has 4 nitrogen and oxygen atoms in total. The topological polar surface area (TPSA) is 73.0 Å². The van der Waals surface area contributed by atoms with E-state index in [9.17, 15) is 8.42 Å². The van der Waals surface area contributed by atoms with Crippen LogP contribution < -0.4 is 5.73 Å². The predicted molar refractivity (Wildman–Crippen MR) is 80.0 cm³/mol. The number of sulfone groups is 1. The van der Waals surface area contributed by atoms with Crippen LogP contribution in [0.4, 0.5) is 5.69 Å². The standard InChI is InChI=1S/C12H11BrN2O2S2/c1-19(16,17)10-4-2-3-9(12(10)14)18-11-6-5-8(13)7-15-11/h2-7H,14H2,1H3. The van der Waals surface area contributed by atoms with Gasteiger partial charge < -0.3 is 5.73 Å². The van der Waals surface area contributed by atoms with Crippen molar-refractivity contribution in [2.45, 2.75) is 14.8 Å². The van der Waals surface area contributed by atoms with Crippen molar-refractivity contribution in [2.24, 2.45) is 0 Å². The Labute approximate surface area is 124 Å². The van der Waals surface area contributed by atoms with Crippen LogP contribution in [-0.4, -0.2) is 19.7 Å². The summed E-state index contributed by atoms with van der Waals surface area (Å²) in [5.41, 5.74) is 6.17. The van der Waals surface area contributed by atoms with Gasteiger partial charge in [0.25, 0.3) is 0 Å². The lowest BCUT2D eigenvalue weighted by atomic mass is 10.3. The summed E-state index contributed by atoms with van der Waals surface area (Å²) in [6, 6.07) is 8.66. The molecule has 0 aliphatic carbocycles. The van der Waals surface area contributed by atoms with Gasteiger partial charge >= 0.3 is 0 Å². The minimum absolute atomic E-state index is 0.148. The van der Waals surface area contributed by atoms with Crippen molar-refractivity contribution < 1.29 is 8.42 Å². The molecule has 0 amide bonds. The first-order valence-electron chi connectivity index (χ1n) is 5.26. The highest BCUT2D eigenvalue weighted by molar-refractivity contribution is 9.10. The fourth-order valence-electron chi connectivity index (χ4n) is 1.47. The van der Waals surface area contributed by atoms with Crippen molar-refractivity contribution >= 4 is 43.2 Å². The molecule has 1 aromatic heterocycles. The highest BCUT2D eigenvalue weighted by atomic mass is 79.9. The zero-order chi connectivity index (χ0) is 14.0. The zero-order valence-electron chi connectivity index (χ0n) is 10.00. The van der Waals surface area contributed by atoms with Gasteiger partial charge in [-0.25, -0.2) is 13.4 Å². The Morgan fingerprint density at radius 2 is 2.00 bits per heavy atom.